The van der Waals surface area contributed by atoms with Gasteiger partial charge in [0.15, 0.2) is 0 Å². The van der Waals surface area contributed by atoms with Crippen molar-refractivity contribution in [2.24, 2.45) is 0 Å². The van der Waals surface area contributed by atoms with Crippen molar-refractivity contribution < 1.29 is 14.6 Å². The maximum atomic E-state index is 11.6. The first-order valence-corrected chi connectivity index (χ1v) is 7.34. The zero-order chi connectivity index (χ0) is 16.1. The van der Waals surface area contributed by atoms with E-state index in [9.17, 15) is 9.90 Å². The van der Waals surface area contributed by atoms with Crippen molar-refractivity contribution in [2.45, 2.75) is 6.10 Å². The predicted octanol–water partition coefficient (Wildman–Crippen LogP) is 4.56. The van der Waals surface area contributed by atoms with Crippen molar-refractivity contribution in [3.8, 4) is 16.9 Å². The maximum absolute atomic E-state index is 11.6. The summed E-state index contributed by atoms with van der Waals surface area (Å²) < 4.78 is 5.85. The van der Waals surface area contributed by atoms with Gasteiger partial charge in [-0.05, 0) is 11.6 Å². The third-order valence-electron chi connectivity index (χ3n) is 3.54. The summed E-state index contributed by atoms with van der Waals surface area (Å²) in [6, 6.07) is 26.2. The van der Waals surface area contributed by atoms with Gasteiger partial charge in [0.1, 0.15) is 5.75 Å². The van der Waals surface area contributed by atoms with Gasteiger partial charge in [0.25, 0.3) is 0 Å². The van der Waals surface area contributed by atoms with Crippen LogP contribution in [0.15, 0.2) is 84.9 Å². The molecule has 3 aromatic carbocycles. The molecule has 0 aliphatic carbocycles. The lowest BCUT2D eigenvalue weighted by molar-refractivity contribution is -0.145. The third kappa shape index (κ3) is 3.40. The lowest BCUT2D eigenvalue weighted by Gasteiger charge is -2.18. The first-order chi connectivity index (χ1) is 11.3. The van der Waals surface area contributed by atoms with Gasteiger partial charge in [0.05, 0.1) is 0 Å². The lowest BCUT2D eigenvalue weighted by Crippen LogP contribution is -2.18. The summed E-state index contributed by atoms with van der Waals surface area (Å²) in [4.78, 5) is 11.6. The topological polar surface area (TPSA) is 46.5 Å². The normalized spacial score (nSPS) is 11.7. The highest BCUT2D eigenvalue weighted by Crippen LogP contribution is 2.33. The molecule has 1 N–H and O–H groups in total. The number of hydrogen-bond acceptors (Lipinski definition) is 2. The summed E-state index contributed by atoms with van der Waals surface area (Å²) in [6.07, 6.45) is -1.04. The van der Waals surface area contributed by atoms with Gasteiger partial charge in [-0.25, -0.2) is 4.79 Å². The van der Waals surface area contributed by atoms with Gasteiger partial charge in [-0.15, -0.1) is 0 Å². The van der Waals surface area contributed by atoms with Crippen molar-refractivity contribution >= 4 is 5.97 Å². The minimum Gasteiger partial charge on any atom is -0.478 e. The second kappa shape index (κ2) is 6.79. The van der Waals surface area contributed by atoms with Crippen molar-refractivity contribution in [3.63, 3.8) is 0 Å². The highest BCUT2D eigenvalue weighted by molar-refractivity contribution is 5.76. The van der Waals surface area contributed by atoms with E-state index in [1.165, 1.54) is 0 Å². The quantitative estimate of drug-likeness (QED) is 0.751. The number of aliphatic carboxylic acids is 1. The van der Waals surface area contributed by atoms with Crippen LogP contribution in [-0.2, 0) is 4.79 Å². The molecule has 0 aliphatic rings. The largest absolute Gasteiger partial charge is 0.478 e. The van der Waals surface area contributed by atoms with Gasteiger partial charge >= 0.3 is 5.97 Å². The Balaban J connectivity index is 1.98. The number of carboxylic acids is 1. The SMILES string of the molecule is O=C(O)C(Oc1ccccc1-c1ccccc1)c1ccccc1. The smallest absolute Gasteiger partial charge is 0.349 e. The zero-order valence-electron chi connectivity index (χ0n) is 12.4. The summed E-state index contributed by atoms with van der Waals surface area (Å²) in [5, 5.41) is 9.52. The number of ether oxygens (including phenoxy) is 1. The molecule has 0 saturated carbocycles. The Morgan fingerprint density at radius 1 is 0.783 bits per heavy atom. The summed E-state index contributed by atoms with van der Waals surface area (Å²) in [5.74, 6) is -0.464. The molecule has 0 amide bonds. The lowest BCUT2D eigenvalue weighted by atomic mass is 10.0. The van der Waals surface area contributed by atoms with Crippen molar-refractivity contribution in [2.75, 3.05) is 0 Å². The van der Waals surface area contributed by atoms with E-state index in [0.29, 0.717) is 11.3 Å². The monoisotopic (exact) mass is 304 g/mol. The van der Waals surface area contributed by atoms with E-state index in [1.807, 2.05) is 54.6 Å². The zero-order valence-corrected chi connectivity index (χ0v) is 12.4. The second-order valence-corrected chi connectivity index (χ2v) is 5.11. The molecule has 114 valence electrons. The molecule has 0 fully saturated rings. The number of carboxylic acid groups (broad SMARTS) is 1. The Hall–Kier alpha value is -3.07. The molecule has 23 heavy (non-hydrogen) atoms. The van der Waals surface area contributed by atoms with E-state index in [4.69, 9.17) is 4.74 Å². The van der Waals surface area contributed by atoms with Crippen LogP contribution in [0.1, 0.15) is 11.7 Å². The Morgan fingerprint density at radius 2 is 1.35 bits per heavy atom. The molecule has 3 nitrogen and oxygen atoms in total. The molecular formula is C20H16O3. The minimum atomic E-state index is -1.04. The van der Waals surface area contributed by atoms with Crippen LogP contribution in [-0.4, -0.2) is 11.1 Å². The molecule has 0 radical (unpaired) electrons. The Kier molecular flexibility index (Phi) is 4.39. The first kappa shape index (κ1) is 14.9. The summed E-state index contributed by atoms with van der Waals surface area (Å²) in [7, 11) is 0. The van der Waals surface area contributed by atoms with E-state index in [2.05, 4.69) is 0 Å². The number of benzene rings is 3. The Labute approximate surface area is 134 Å². The van der Waals surface area contributed by atoms with Gasteiger partial charge < -0.3 is 9.84 Å². The van der Waals surface area contributed by atoms with E-state index in [1.54, 1.807) is 30.3 Å². The van der Waals surface area contributed by atoms with Crippen LogP contribution in [0.25, 0.3) is 11.1 Å². The van der Waals surface area contributed by atoms with E-state index < -0.39 is 12.1 Å². The van der Waals surface area contributed by atoms with Crippen LogP contribution in [0.2, 0.25) is 0 Å². The third-order valence-corrected chi connectivity index (χ3v) is 3.54. The van der Waals surface area contributed by atoms with Gasteiger partial charge in [-0.3, -0.25) is 0 Å². The van der Waals surface area contributed by atoms with Crippen LogP contribution >= 0.6 is 0 Å². The van der Waals surface area contributed by atoms with Crippen LogP contribution < -0.4 is 4.74 Å². The molecule has 0 aliphatic heterocycles. The first-order valence-electron chi connectivity index (χ1n) is 7.34. The maximum Gasteiger partial charge on any atom is 0.349 e. The molecule has 3 heteroatoms. The fourth-order valence-electron chi connectivity index (χ4n) is 2.44. The fraction of sp³-hybridized carbons (Fsp3) is 0.0500. The van der Waals surface area contributed by atoms with Crippen LogP contribution in [0.3, 0.4) is 0 Å². The van der Waals surface area contributed by atoms with Crippen molar-refractivity contribution in [3.05, 3.63) is 90.5 Å². The van der Waals surface area contributed by atoms with Crippen LogP contribution in [0.5, 0.6) is 5.75 Å². The minimum absolute atomic E-state index is 0.551. The standard InChI is InChI=1S/C20H16O3/c21-20(22)19(16-11-5-2-6-12-16)23-18-14-8-7-13-17(18)15-9-3-1-4-10-15/h1-14,19H,(H,21,22). The summed E-state index contributed by atoms with van der Waals surface area (Å²) in [5.41, 5.74) is 2.47. The molecule has 3 aromatic rings. The van der Waals surface area contributed by atoms with Gasteiger partial charge in [-0.1, -0.05) is 78.9 Å². The Bertz CT molecular complexity index is 782. The molecule has 0 aromatic heterocycles. The average molecular weight is 304 g/mol. The highest BCUT2D eigenvalue weighted by atomic mass is 16.5. The molecule has 1 unspecified atom stereocenters. The van der Waals surface area contributed by atoms with Gasteiger partial charge in [-0.2, -0.15) is 0 Å². The van der Waals surface area contributed by atoms with E-state index >= 15 is 0 Å². The summed E-state index contributed by atoms with van der Waals surface area (Å²) in [6.45, 7) is 0. The van der Waals surface area contributed by atoms with Crippen LogP contribution in [0, 0.1) is 0 Å². The molecule has 0 saturated heterocycles. The van der Waals surface area contributed by atoms with Crippen LogP contribution in [0.4, 0.5) is 0 Å². The van der Waals surface area contributed by atoms with E-state index in [-0.39, 0.29) is 0 Å². The molecular weight excluding hydrogens is 288 g/mol. The highest BCUT2D eigenvalue weighted by Gasteiger charge is 2.22. The van der Waals surface area contributed by atoms with Gasteiger partial charge in [0, 0.05) is 11.1 Å². The van der Waals surface area contributed by atoms with Gasteiger partial charge in [0.2, 0.25) is 6.10 Å². The number of carbonyl (C=O) groups is 1. The van der Waals surface area contributed by atoms with Crippen molar-refractivity contribution in [1.29, 1.82) is 0 Å². The predicted molar refractivity (Wildman–Crippen MR) is 89.3 cm³/mol. The molecule has 1 atom stereocenters. The summed E-state index contributed by atoms with van der Waals surface area (Å²) >= 11 is 0. The number of rotatable bonds is 5. The molecule has 0 bridgehead atoms. The Morgan fingerprint density at radius 3 is 2.00 bits per heavy atom. The van der Waals surface area contributed by atoms with E-state index in [0.717, 1.165) is 11.1 Å². The molecule has 0 heterocycles. The number of para-hydroxylation sites is 1. The second-order valence-electron chi connectivity index (χ2n) is 5.11. The average Bonchev–Trinajstić information content (AvgIpc) is 2.61. The molecule has 0 spiro atoms. The molecule has 3 rings (SSSR count). The fourth-order valence-corrected chi connectivity index (χ4v) is 2.44. The number of hydrogen-bond donors (Lipinski definition) is 1. The van der Waals surface area contributed by atoms with Crippen molar-refractivity contribution in [1.82, 2.24) is 0 Å².